The molecular formula is C16H14FNO4. The Morgan fingerprint density at radius 2 is 2.14 bits per heavy atom. The number of halogens is 1. The Morgan fingerprint density at radius 1 is 1.27 bits per heavy atom. The molecule has 0 aliphatic carbocycles. The van der Waals surface area contributed by atoms with Crippen LogP contribution in [-0.4, -0.2) is 18.5 Å². The van der Waals surface area contributed by atoms with Gasteiger partial charge >= 0.3 is 5.97 Å². The van der Waals surface area contributed by atoms with E-state index in [0.29, 0.717) is 11.3 Å². The lowest BCUT2D eigenvalue weighted by molar-refractivity contribution is -0.143. The van der Waals surface area contributed by atoms with Gasteiger partial charge in [0.1, 0.15) is 11.6 Å². The molecular weight excluding hydrogens is 289 g/mol. The summed E-state index contributed by atoms with van der Waals surface area (Å²) in [5, 5.41) is 2.54. The number of amides is 1. The molecule has 1 aromatic carbocycles. The van der Waals surface area contributed by atoms with E-state index in [4.69, 9.17) is 9.15 Å². The van der Waals surface area contributed by atoms with Crippen LogP contribution in [0.1, 0.15) is 11.3 Å². The van der Waals surface area contributed by atoms with Crippen LogP contribution in [0.15, 0.2) is 53.2 Å². The minimum atomic E-state index is -0.683. The van der Waals surface area contributed by atoms with E-state index in [2.05, 4.69) is 5.32 Å². The summed E-state index contributed by atoms with van der Waals surface area (Å²) >= 11 is 0. The van der Waals surface area contributed by atoms with Crippen molar-refractivity contribution in [1.82, 2.24) is 5.32 Å². The molecule has 0 radical (unpaired) electrons. The van der Waals surface area contributed by atoms with E-state index < -0.39 is 24.3 Å². The van der Waals surface area contributed by atoms with Gasteiger partial charge in [-0.1, -0.05) is 12.1 Å². The lowest BCUT2D eigenvalue weighted by Gasteiger charge is -2.03. The Kier molecular flexibility index (Phi) is 5.48. The van der Waals surface area contributed by atoms with Crippen LogP contribution in [0.3, 0.4) is 0 Å². The molecule has 0 fully saturated rings. The molecule has 5 nitrogen and oxygen atoms in total. The summed E-state index contributed by atoms with van der Waals surface area (Å²) in [5.74, 6) is -0.917. The number of benzene rings is 1. The second-order valence-corrected chi connectivity index (χ2v) is 4.35. The highest BCUT2D eigenvalue weighted by Crippen LogP contribution is 2.05. The van der Waals surface area contributed by atoms with Gasteiger partial charge in [0.15, 0.2) is 6.61 Å². The van der Waals surface area contributed by atoms with E-state index in [0.717, 1.165) is 6.08 Å². The Hall–Kier alpha value is -2.89. The van der Waals surface area contributed by atoms with Gasteiger partial charge < -0.3 is 14.5 Å². The highest BCUT2D eigenvalue weighted by molar-refractivity contribution is 5.89. The fraction of sp³-hybridized carbons (Fsp3) is 0.125. The average Bonchev–Trinajstić information content (AvgIpc) is 3.02. The average molecular weight is 303 g/mol. The number of carbonyl (C=O) groups is 2. The van der Waals surface area contributed by atoms with Gasteiger partial charge in [0.25, 0.3) is 5.91 Å². The van der Waals surface area contributed by atoms with Crippen LogP contribution in [0.5, 0.6) is 0 Å². The number of furan rings is 1. The van der Waals surface area contributed by atoms with E-state index in [9.17, 15) is 14.0 Å². The lowest BCUT2D eigenvalue weighted by Crippen LogP contribution is -2.27. The van der Waals surface area contributed by atoms with Gasteiger partial charge in [-0.25, -0.2) is 9.18 Å². The highest BCUT2D eigenvalue weighted by Gasteiger charge is 2.05. The molecule has 2 rings (SSSR count). The van der Waals surface area contributed by atoms with Crippen LogP contribution in [-0.2, 0) is 20.9 Å². The molecule has 1 N–H and O–H groups in total. The molecule has 2 aromatic rings. The monoisotopic (exact) mass is 303 g/mol. The number of nitrogens with one attached hydrogen (secondary N) is 1. The number of carbonyl (C=O) groups excluding carboxylic acids is 2. The molecule has 0 bridgehead atoms. The first-order valence-electron chi connectivity index (χ1n) is 6.53. The lowest BCUT2D eigenvalue weighted by atomic mass is 10.2. The van der Waals surface area contributed by atoms with Crippen LogP contribution >= 0.6 is 0 Å². The summed E-state index contributed by atoms with van der Waals surface area (Å²) in [4.78, 5) is 22.9. The van der Waals surface area contributed by atoms with Crippen molar-refractivity contribution in [1.29, 1.82) is 0 Å². The fourth-order valence-electron chi connectivity index (χ4n) is 1.61. The third-order valence-electron chi connectivity index (χ3n) is 2.65. The van der Waals surface area contributed by atoms with E-state index in [1.165, 1.54) is 30.5 Å². The molecule has 1 amide bonds. The topological polar surface area (TPSA) is 68.5 Å². The number of esters is 1. The molecule has 22 heavy (non-hydrogen) atoms. The first kappa shape index (κ1) is 15.5. The molecule has 0 atom stereocenters. The van der Waals surface area contributed by atoms with Crippen molar-refractivity contribution >= 4 is 18.0 Å². The van der Waals surface area contributed by atoms with E-state index >= 15 is 0 Å². The van der Waals surface area contributed by atoms with Crippen molar-refractivity contribution in [3.63, 3.8) is 0 Å². The number of ether oxygens (including phenoxy) is 1. The smallest absolute Gasteiger partial charge is 0.331 e. The maximum atomic E-state index is 12.9. The number of rotatable bonds is 6. The largest absolute Gasteiger partial charge is 0.467 e. The minimum Gasteiger partial charge on any atom is -0.467 e. The van der Waals surface area contributed by atoms with Crippen LogP contribution in [0.2, 0.25) is 0 Å². The van der Waals surface area contributed by atoms with Gasteiger partial charge in [-0.2, -0.15) is 0 Å². The Morgan fingerprint density at radius 3 is 2.86 bits per heavy atom. The van der Waals surface area contributed by atoms with Crippen molar-refractivity contribution in [3.05, 3.63) is 65.9 Å². The number of hydrogen-bond donors (Lipinski definition) is 1. The summed E-state index contributed by atoms with van der Waals surface area (Å²) in [5.41, 5.74) is 0.527. The van der Waals surface area contributed by atoms with Gasteiger partial charge in [0.05, 0.1) is 12.8 Å². The third kappa shape index (κ3) is 5.24. The normalized spacial score (nSPS) is 10.6. The summed E-state index contributed by atoms with van der Waals surface area (Å²) < 4.78 is 22.7. The van der Waals surface area contributed by atoms with Gasteiger partial charge in [-0.15, -0.1) is 0 Å². The standard InChI is InChI=1S/C16H14FNO4/c17-13-4-1-3-12(9-13)6-7-16(20)22-11-15(19)18-10-14-5-2-8-21-14/h1-9H,10-11H2,(H,18,19)/b7-6+. The predicted molar refractivity (Wildman–Crippen MR) is 76.9 cm³/mol. The summed E-state index contributed by atoms with van der Waals surface area (Å²) in [7, 11) is 0. The molecule has 0 spiro atoms. The maximum absolute atomic E-state index is 12.9. The molecule has 114 valence electrons. The van der Waals surface area contributed by atoms with Crippen molar-refractivity contribution in [2.24, 2.45) is 0 Å². The van der Waals surface area contributed by atoms with E-state index in [1.54, 1.807) is 18.2 Å². The molecule has 0 aliphatic rings. The van der Waals surface area contributed by atoms with Crippen LogP contribution < -0.4 is 5.32 Å². The predicted octanol–water partition coefficient (Wildman–Crippen LogP) is 2.29. The maximum Gasteiger partial charge on any atom is 0.331 e. The Labute approximate surface area is 126 Å². The first-order valence-corrected chi connectivity index (χ1v) is 6.53. The van der Waals surface area contributed by atoms with Crippen LogP contribution in [0, 0.1) is 5.82 Å². The zero-order valence-corrected chi connectivity index (χ0v) is 11.6. The first-order chi connectivity index (χ1) is 10.6. The zero-order valence-electron chi connectivity index (χ0n) is 11.6. The second-order valence-electron chi connectivity index (χ2n) is 4.35. The molecule has 1 aromatic heterocycles. The molecule has 0 aliphatic heterocycles. The van der Waals surface area contributed by atoms with Gasteiger partial charge in [0, 0.05) is 6.08 Å². The summed E-state index contributed by atoms with van der Waals surface area (Å²) in [6.07, 6.45) is 4.04. The van der Waals surface area contributed by atoms with Crippen molar-refractivity contribution in [2.45, 2.75) is 6.54 Å². The Balaban J connectivity index is 1.71. The zero-order chi connectivity index (χ0) is 15.8. The fourth-order valence-corrected chi connectivity index (χ4v) is 1.61. The van der Waals surface area contributed by atoms with Crippen molar-refractivity contribution in [3.8, 4) is 0 Å². The van der Waals surface area contributed by atoms with Gasteiger partial charge in [-0.3, -0.25) is 4.79 Å². The van der Waals surface area contributed by atoms with E-state index in [-0.39, 0.29) is 6.54 Å². The second kappa shape index (κ2) is 7.78. The summed E-state index contributed by atoms with van der Waals surface area (Å²) in [6, 6.07) is 9.18. The van der Waals surface area contributed by atoms with Gasteiger partial charge in [-0.05, 0) is 35.9 Å². The molecule has 0 saturated carbocycles. The summed E-state index contributed by atoms with van der Waals surface area (Å²) in [6.45, 7) is -0.171. The van der Waals surface area contributed by atoms with E-state index in [1.807, 2.05) is 0 Å². The highest BCUT2D eigenvalue weighted by atomic mass is 19.1. The minimum absolute atomic E-state index is 0.225. The SMILES string of the molecule is O=C(COC(=O)/C=C/c1cccc(F)c1)NCc1ccco1. The third-order valence-corrected chi connectivity index (χ3v) is 2.65. The Bertz CT molecular complexity index is 665. The molecule has 1 heterocycles. The number of hydrogen-bond acceptors (Lipinski definition) is 4. The van der Waals surface area contributed by atoms with Gasteiger partial charge in [0.2, 0.25) is 0 Å². The molecule has 6 heteroatoms. The van der Waals surface area contributed by atoms with Crippen molar-refractivity contribution in [2.75, 3.05) is 6.61 Å². The quantitative estimate of drug-likeness (QED) is 0.656. The molecule has 0 unspecified atom stereocenters. The molecule has 0 saturated heterocycles. The van der Waals surface area contributed by atoms with Crippen molar-refractivity contribution < 1.29 is 23.1 Å². The van der Waals surface area contributed by atoms with Crippen LogP contribution in [0.4, 0.5) is 4.39 Å². The van der Waals surface area contributed by atoms with Crippen LogP contribution in [0.25, 0.3) is 6.08 Å².